The number of methoxy groups -OCH3 is 1. The first kappa shape index (κ1) is 18.4. The number of nitrogens with two attached hydrogens (primary N) is 1. The van der Waals surface area contributed by atoms with Crippen LogP contribution >= 0.6 is 11.8 Å². The van der Waals surface area contributed by atoms with E-state index in [-0.39, 0.29) is 0 Å². The molecule has 8 nitrogen and oxygen atoms in total. The molecule has 130 valence electrons. The third kappa shape index (κ3) is 5.28. The highest BCUT2D eigenvalue weighted by Gasteiger charge is 2.10. The summed E-state index contributed by atoms with van der Waals surface area (Å²) in [5.74, 6) is -0.737. The number of carbonyl (C=O) groups is 2. The van der Waals surface area contributed by atoms with E-state index in [1.165, 1.54) is 11.8 Å². The molecule has 2 aromatic rings. The van der Waals surface area contributed by atoms with Gasteiger partial charge in [0.25, 0.3) is 0 Å². The molecule has 0 saturated carbocycles. The van der Waals surface area contributed by atoms with Crippen LogP contribution in [0.5, 0.6) is 5.75 Å². The van der Waals surface area contributed by atoms with Gasteiger partial charge in [-0.15, -0.1) is 0 Å². The zero-order chi connectivity index (χ0) is 18.2. The lowest BCUT2D eigenvalue weighted by Gasteiger charge is -2.10. The quantitative estimate of drug-likeness (QED) is 0.262. The zero-order valence-corrected chi connectivity index (χ0v) is 14.5. The molecule has 3 N–H and O–H groups in total. The van der Waals surface area contributed by atoms with E-state index < -0.39 is 11.8 Å². The summed E-state index contributed by atoms with van der Waals surface area (Å²) in [6.07, 6.45) is 3.36. The molecule has 0 unspecified atom stereocenters. The summed E-state index contributed by atoms with van der Waals surface area (Å²) < 4.78 is 5.37. The van der Waals surface area contributed by atoms with Crippen molar-refractivity contribution in [1.82, 2.24) is 15.4 Å². The smallest absolute Gasteiger partial charge is 0.329 e. The second-order valence-corrected chi connectivity index (χ2v) is 5.79. The Balaban J connectivity index is 2.16. The summed E-state index contributed by atoms with van der Waals surface area (Å²) in [5, 5.41) is 4.54. The highest BCUT2D eigenvalue weighted by Crippen LogP contribution is 2.27. The summed E-state index contributed by atoms with van der Waals surface area (Å²) in [4.78, 5) is 30.2. The Kier molecular flexibility index (Phi) is 6.47. The van der Waals surface area contributed by atoms with Gasteiger partial charge in [-0.05, 0) is 36.8 Å². The minimum Gasteiger partial charge on any atom is -0.496 e. The molecule has 0 atom stereocenters. The number of nitrogens with zero attached hydrogens (tertiary/aromatic N) is 3. The highest BCUT2D eigenvalue weighted by molar-refractivity contribution is 7.98. The van der Waals surface area contributed by atoms with Crippen molar-refractivity contribution >= 4 is 29.3 Å². The van der Waals surface area contributed by atoms with E-state index in [1.54, 1.807) is 38.6 Å². The monoisotopic (exact) mass is 359 g/mol. The molecule has 0 fully saturated rings. The third-order valence-corrected chi connectivity index (χ3v) is 4.07. The van der Waals surface area contributed by atoms with E-state index in [4.69, 9.17) is 10.5 Å². The second-order valence-electron chi connectivity index (χ2n) is 4.85. The van der Waals surface area contributed by atoms with Gasteiger partial charge in [-0.25, -0.2) is 15.4 Å². The van der Waals surface area contributed by atoms with Gasteiger partial charge in [-0.2, -0.15) is 5.10 Å². The van der Waals surface area contributed by atoms with Crippen LogP contribution < -0.4 is 15.9 Å². The van der Waals surface area contributed by atoms with Crippen LogP contribution in [0, 0.1) is 0 Å². The average molecular weight is 359 g/mol. The molecule has 0 aliphatic heterocycles. The fourth-order valence-corrected chi connectivity index (χ4v) is 2.65. The zero-order valence-electron chi connectivity index (χ0n) is 13.7. The fourth-order valence-electron chi connectivity index (χ4n) is 1.87. The van der Waals surface area contributed by atoms with E-state index >= 15 is 0 Å². The van der Waals surface area contributed by atoms with Crippen molar-refractivity contribution in [3.8, 4) is 5.75 Å². The van der Waals surface area contributed by atoms with Crippen LogP contribution in [0.1, 0.15) is 18.1 Å². The first-order valence-electron chi connectivity index (χ1n) is 7.22. The molecule has 0 saturated heterocycles. The number of thioether (sulfide) groups is 1. The number of carbonyl (C=O) groups excluding carboxylic acids is 2. The van der Waals surface area contributed by atoms with Gasteiger partial charge in [0, 0.05) is 23.7 Å². The van der Waals surface area contributed by atoms with Crippen molar-refractivity contribution in [3.63, 3.8) is 0 Å². The molecule has 0 radical (unpaired) electrons. The van der Waals surface area contributed by atoms with E-state index in [9.17, 15) is 9.59 Å². The van der Waals surface area contributed by atoms with E-state index in [2.05, 4.69) is 20.5 Å². The Morgan fingerprint density at radius 1 is 1.32 bits per heavy atom. The number of nitrogens with one attached hydrogen (secondary N) is 1. The number of amides is 2. The topological polar surface area (TPSA) is 120 Å². The number of aromatic nitrogens is 2. The first-order chi connectivity index (χ1) is 12.0. The molecule has 1 aromatic carbocycles. The lowest BCUT2D eigenvalue weighted by Crippen LogP contribution is -2.33. The maximum atomic E-state index is 11.2. The minimum atomic E-state index is -1.09. The van der Waals surface area contributed by atoms with Crippen LogP contribution in [-0.4, -0.2) is 34.6 Å². The maximum absolute atomic E-state index is 11.2. The number of hydrazone groups is 1. The molecule has 0 aliphatic carbocycles. The molecule has 1 heterocycles. The van der Waals surface area contributed by atoms with Crippen molar-refractivity contribution in [3.05, 3.63) is 47.8 Å². The van der Waals surface area contributed by atoms with Gasteiger partial charge in [0.1, 0.15) is 5.75 Å². The molecule has 25 heavy (non-hydrogen) atoms. The molecular formula is C16H17N5O3S. The van der Waals surface area contributed by atoms with Crippen LogP contribution in [0.15, 0.2) is 46.9 Å². The minimum absolute atomic E-state index is 0.527. The SMILES string of the molecule is COc1ccc(/C(C)=N\NC(=O)C(N)=O)cc1CSc1ncccn1. The summed E-state index contributed by atoms with van der Waals surface area (Å²) in [7, 11) is 1.59. The van der Waals surface area contributed by atoms with E-state index in [0.29, 0.717) is 16.6 Å². The lowest BCUT2D eigenvalue weighted by molar-refractivity contribution is -0.137. The first-order valence-corrected chi connectivity index (χ1v) is 8.21. The largest absolute Gasteiger partial charge is 0.496 e. The predicted molar refractivity (Wildman–Crippen MR) is 94.1 cm³/mol. The molecule has 0 spiro atoms. The Morgan fingerprint density at radius 2 is 2.04 bits per heavy atom. The standard InChI is InChI=1S/C16H17N5O3S/c1-10(20-21-15(23)14(17)22)11-4-5-13(24-2)12(8-11)9-25-16-18-6-3-7-19-16/h3-8H,9H2,1-2H3,(H2,17,22)(H,21,23)/b20-10-. The van der Waals surface area contributed by atoms with Crippen LogP contribution in [0.4, 0.5) is 0 Å². The number of ether oxygens (including phenoxy) is 1. The number of hydrogen-bond donors (Lipinski definition) is 2. The normalized spacial score (nSPS) is 11.0. The number of primary amides is 1. The fraction of sp³-hybridized carbons (Fsp3) is 0.188. The summed E-state index contributed by atoms with van der Waals surface area (Å²) in [6, 6.07) is 7.27. The Labute approximate surface area is 148 Å². The van der Waals surface area contributed by atoms with Crippen molar-refractivity contribution in [2.75, 3.05) is 7.11 Å². The molecule has 2 amide bonds. The van der Waals surface area contributed by atoms with Gasteiger partial charge < -0.3 is 10.5 Å². The third-order valence-electron chi connectivity index (χ3n) is 3.15. The van der Waals surface area contributed by atoms with Crippen molar-refractivity contribution in [1.29, 1.82) is 0 Å². The Morgan fingerprint density at radius 3 is 2.68 bits per heavy atom. The van der Waals surface area contributed by atoms with Gasteiger partial charge in [0.2, 0.25) is 0 Å². The van der Waals surface area contributed by atoms with Gasteiger partial charge in [0.05, 0.1) is 12.8 Å². The summed E-state index contributed by atoms with van der Waals surface area (Å²) in [5.41, 5.74) is 9.20. The van der Waals surface area contributed by atoms with Crippen LogP contribution in [0.2, 0.25) is 0 Å². The molecular weight excluding hydrogens is 342 g/mol. The van der Waals surface area contributed by atoms with Gasteiger partial charge in [-0.3, -0.25) is 9.59 Å². The average Bonchev–Trinajstić information content (AvgIpc) is 2.64. The highest BCUT2D eigenvalue weighted by atomic mass is 32.2. The maximum Gasteiger partial charge on any atom is 0.329 e. The molecule has 0 aliphatic rings. The summed E-state index contributed by atoms with van der Waals surface area (Å²) >= 11 is 1.47. The van der Waals surface area contributed by atoms with E-state index in [0.717, 1.165) is 16.9 Å². The second kappa shape index (κ2) is 8.78. The van der Waals surface area contributed by atoms with Crippen molar-refractivity contribution in [2.45, 2.75) is 17.8 Å². The lowest BCUT2D eigenvalue weighted by atomic mass is 10.1. The molecule has 2 rings (SSSR count). The van der Waals surface area contributed by atoms with Crippen LogP contribution in [0.25, 0.3) is 0 Å². The summed E-state index contributed by atoms with van der Waals surface area (Å²) in [6.45, 7) is 1.71. The Hall–Kier alpha value is -2.94. The predicted octanol–water partition coefficient (Wildman–Crippen LogP) is 1.10. The van der Waals surface area contributed by atoms with Crippen LogP contribution in [-0.2, 0) is 15.3 Å². The van der Waals surface area contributed by atoms with E-state index in [1.807, 2.05) is 12.1 Å². The van der Waals surface area contributed by atoms with Crippen LogP contribution in [0.3, 0.4) is 0 Å². The number of rotatable bonds is 6. The Bertz CT molecular complexity index is 796. The molecule has 9 heteroatoms. The van der Waals surface area contributed by atoms with Crippen molar-refractivity contribution in [2.24, 2.45) is 10.8 Å². The van der Waals surface area contributed by atoms with Gasteiger partial charge in [-0.1, -0.05) is 11.8 Å². The number of hydrogen-bond acceptors (Lipinski definition) is 7. The molecule has 0 bridgehead atoms. The molecule has 1 aromatic heterocycles. The number of benzene rings is 1. The van der Waals surface area contributed by atoms with Gasteiger partial charge in [0.15, 0.2) is 5.16 Å². The van der Waals surface area contributed by atoms with Gasteiger partial charge >= 0.3 is 11.8 Å². The van der Waals surface area contributed by atoms with Crippen molar-refractivity contribution < 1.29 is 14.3 Å².